The van der Waals surface area contributed by atoms with Gasteiger partial charge in [-0.2, -0.15) is 0 Å². The van der Waals surface area contributed by atoms with E-state index in [0.29, 0.717) is 46.7 Å². The summed E-state index contributed by atoms with van der Waals surface area (Å²) in [6.45, 7) is 10.4. The number of aromatic nitrogens is 4. The van der Waals surface area contributed by atoms with Crippen molar-refractivity contribution < 1.29 is 18.6 Å². The normalized spacial score (nSPS) is 13.2. The van der Waals surface area contributed by atoms with Gasteiger partial charge >= 0.3 is 0 Å². The van der Waals surface area contributed by atoms with Crippen molar-refractivity contribution in [3.63, 3.8) is 0 Å². The van der Waals surface area contributed by atoms with Crippen LogP contribution in [0.4, 0.5) is 4.39 Å². The van der Waals surface area contributed by atoms with E-state index >= 15 is 0 Å². The summed E-state index contributed by atoms with van der Waals surface area (Å²) in [6, 6.07) is 12.4. The molecule has 0 saturated carbocycles. The van der Waals surface area contributed by atoms with Gasteiger partial charge in [-0.05, 0) is 60.9 Å². The molecular formula is C33H33FN4O4S. The quantitative estimate of drug-likeness (QED) is 0.102. The molecule has 1 aliphatic heterocycles. The van der Waals surface area contributed by atoms with Gasteiger partial charge in [0.15, 0.2) is 22.5 Å². The minimum absolute atomic E-state index is 0.151. The van der Waals surface area contributed by atoms with Crippen molar-refractivity contribution >= 4 is 11.8 Å². The lowest BCUT2D eigenvalue weighted by Gasteiger charge is -2.19. The number of ether oxygens (including phenoxy) is 3. The number of rotatable bonds is 13. The monoisotopic (exact) mass is 600 g/mol. The fourth-order valence-electron chi connectivity index (χ4n) is 4.73. The molecule has 43 heavy (non-hydrogen) atoms. The van der Waals surface area contributed by atoms with E-state index in [9.17, 15) is 9.18 Å². The minimum Gasteiger partial charge on any atom is -0.454 e. The molecule has 10 heteroatoms. The van der Waals surface area contributed by atoms with Crippen molar-refractivity contribution in [3.8, 4) is 22.8 Å². The topological polar surface area (TPSA) is 80.4 Å². The number of fused-ring (bicyclic) bond motifs is 1. The average Bonchev–Trinajstić information content (AvgIpc) is 3.63. The van der Waals surface area contributed by atoms with Gasteiger partial charge in [0.2, 0.25) is 6.79 Å². The van der Waals surface area contributed by atoms with Crippen LogP contribution in [0.3, 0.4) is 0 Å². The van der Waals surface area contributed by atoms with Crippen molar-refractivity contribution in [2.24, 2.45) is 7.05 Å². The number of hydrogen-bond donors (Lipinski definition) is 0. The summed E-state index contributed by atoms with van der Waals surface area (Å²) in [5, 5.41) is 0.554. The molecule has 4 heterocycles. The van der Waals surface area contributed by atoms with Gasteiger partial charge in [-0.3, -0.25) is 4.79 Å². The molecule has 0 bridgehead atoms. The fourth-order valence-corrected chi connectivity index (χ4v) is 5.61. The number of nitrogens with zero attached hydrogens (tertiary/aromatic N) is 4. The smallest absolute Gasteiger partial charge is 0.286 e. The van der Waals surface area contributed by atoms with Gasteiger partial charge in [0.25, 0.3) is 5.56 Å². The zero-order valence-electron chi connectivity index (χ0n) is 24.2. The second-order valence-electron chi connectivity index (χ2n) is 10.0. The first-order valence-electron chi connectivity index (χ1n) is 13.8. The Hall–Kier alpha value is -4.41. The molecular weight excluding hydrogens is 567 g/mol. The van der Waals surface area contributed by atoms with Gasteiger partial charge in [-0.15, -0.1) is 0 Å². The Balaban J connectivity index is 1.32. The van der Waals surface area contributed by atoms with Crippen LogP contribution in [-0.4, -0.2) is 37.8 Å². The molecule has 4 aromatic rings. The predicted octanol–water partition coefficient (Wildman–Crippen LogP) is 6.23. The molecule has 0 spiro atoms. The minimum atomic E-state index is -0.854. The van der Waals surface area contributed by atoms with Crippen molar-refractivity contribution in [3.05, 3.63) is 125 Å². The van der Waals surface area contributed by atoms with E-state index in [1.54, 1.807) is 36.5 Å². The number of halogens is 1. The van der Waals surface area contributed by atoms with Crippen molar-refractivity contribution in [2.75, 3.05) is 12.5 Å². The summed E-state index contributed by atoms with van der Waals surface area (Å²) in [6.07, 6.45) is 9.51. The lowest BCUT2D eigenvalue weighted by Crippen LogP contribution is -2.23. The van der Waals surface area contributed by atoms with Crippen LogP contribution in [0.5, 0.6) is 11.5 Å². The van der Waals surface area contributed by atoms with Crippen LogP contribution >= 0.6 is 11.8 Å². The first-order chi connectivity index (χ1) is 20.8. The Labute approximate surface area is 254 Å². The van der Waals surface area contributed by atoms with Crippen LogP contribution in [0.2, 0.25) is 0 Å². The zero-order chi connectivity index (χ0) is 30.3. The summed E-state index contributed by atoms with van der Waals surface area (Å²) in [5.41, 5.74) is 3.82. The van der Waals surface area contributed by atoms with Crippen LogP contribution in [-0.2, 0) is 24.9 Å². The van der Waals surface area contributed by atoms with E-state index in [4.69, 9.17) is 19.2 Å². The standard InChI is InChI=1S/C33H33FN4O4S/c1-5-8-24(6-2)29(40-20-26-9-7-13-37(26)4)12-14-43-33-35-22(3)15-28(36-33)25-17-27(34)32(39)38(19-25)18-23-10-11-30-31(16-23)42-21-41-30/h5-11,13,15-17,19,29H,1-2,12,14,18,20-21H2,3-4H3/b24-8+. The molecule has 1 aromatic carbocycles. The maximum Gasteiger partial charge on any atom is 0.286 e. The molecule has 0 radical (unpaired) electrons. The van der Waals surface area contributed by atoms with Gasteiger partial charge < -0.3 is 23.3 Å². The molecule has 8 nitrogen and oxygen atoms in total. The number of benzene rings is 1. The van der Waals surface area contributed by atoms with Crippen LogP contribution in [0, 0.1) is 12.7 Å². The summed E-state index contributed by atoms with van der Waals surface area (Å²) in [5.74, 6) is 1.06. The number of pyridine rings is 1. The molecule has 0 amide bonds. The van der Waals surface area contributed by atoms with Crippen LogP contribution in [0.25, 0.3) is 11.3 Å². The van der Waals surface area contributed by atoms with Gasteiger partial charge in [0.05, 0.1) is 24.9 Å². The van der Waals surface area contributed by atoms with E-state index in [0.717, 1.165) is 22.5 Å². The van der Waals surface area contributed by atoms with Crippen molar-refractivity contribution in [1.82, 2.24) is 19.1 Å². The highest BCUT2D eigenvalue weighted by atomic mass is 32.2. The molecule has 1 atom stereocenters. The summed E-state index contributed by atoms with van der Waals surface area (Å²) >= 11 is 1.49. The summed E-state index contributed by atoms with van der Waals surface area (Å²) in [4.78, 5) is 22.0. The van der Waals surface area contributed by atoms with Gasteiger partial charge in [-0.25, -0.2) is 14.4 Å². The largest absolute Gasteiger partial charge is 0.454 e. The van der Waals surface area contributed by atoms with E-state index in [1.807, 2.05) is 49.0 Å². The molecule has 1 aliphatic rings. The Morgan fingerprint density at radius 2 is 2.02 bits per heavy atom. The Morgan fingerprint density at radius 3 is 2.79 bits per heavy atom. The Kier molecular flexibility index (Phi) is 9.58. The highest BCUT2D eigenvalue weighted by Crippen LogP contribution is 2.33. The molecule has 0 N–H and O–H groups in total. The first-order valence-corrected chi connectivity index (χ1v) is 14.8. The summed E-state index contributed by atoms with van der Waals surface area (Å²) < 4.78 is 35.3. The predicted molar refractivity (Wildman–Crippen MR) is 166 cm³/mol. The SMILES string of the molecule is C=C/C=C(\C=C)C(CCSc1nc(C)cc(-c2cc(F)c(=O)n(Cc3ccc4c(c3)OCO4)c2)n1)OCc1cccn1C. The summed E-state index contributed by atoms with van der Waals surface area (Å²) in [7, 11) is 1.99. The van der Waals surface area contributed by atoms with Crippen molar-refractivity contribution in [2.45, 2.75) is 37.8 Å². The molecule has 3 aromatic heterocycles. The molecule has 0 aliphatic carbocycles. The van der Waals surface area contributed by atoms with E-state index in [2.05, 4.69) is 18.1 Å². The van der Waals surface area contributed by atoms with Gasteiger partial charge in [0, 0.05) is 42.1 Å². The van der Waals surface area contributed by atoms with E-state index in [-0.39, 0.29) is 19.4 Å². The number of aryl methyl sites for hydroxylation is 2. The Morgan fingerprint density at radius 1 is 1.19 bits per heavy atom. The van der Waals surface area contributed by atoms with E-state index in [1.165, 1.54) is 22.4 Å². The van der Waals surface area contributed by atoms with Gasteiger partial charge in [-0.1, -0.05) is 49.2 Å². The highest BCUT2D eigenvalue weighted by molar-refractivity contribution is 7.99. The Bertz CT molecular complexity index is 1730. The third-order valence-corrected chi connectivity index (χ3v) is 7.85. The van der Waals surface area contributed by atoms with Crippen LogP contribution in [0.1, 0.15) is 23.4 Å². The van der Waals surface area contributed by atoms with Crippen LogP contribution < -0.4 is 15.0 Å². The molecule has 222 valence electrons. The molecule has 0 fully saturated rings. The second-order valence-corrected chi connectivity index (χ2v) is 11.1. The van der Waals surface area contributed by atoms with Crippen molar-refractivity contribution in [1.29, 1.82) is 0 Å². The zero-order valence-corrected chi connectivity index (χ0v) is 25.0. The maximum atomic E-state index is 14.8. The highest BCUT2D eigenvalue weighted by Gasteiger charge is 2.17. The lowest BCUT2D eigenvalue weighted by atomic mass is 10.1. The fraction of sp³-hybridized carbons (Fsp3) is 0.242. The number of thioether (sulfide) groups is 1. The first kappa shape index (κ1) is 30.1. The maximum absolute atomic E-state index is 14.8. The van der Waals surface area contributed by atoms with E-state index < -0.39 is 11.4 Å². The lowest BCUT2D eigenvalue weighted by molar-refractivity contribution is 0.0616. The number of allylic oxidation sites excluding steroid dienone is 2. The van der Waals surface area contributed by atoms with Crippen LogP contribution in [0.15, 0.2) is 102 Å². The van der Waals surface area contributed by atoms with Gasteiger partial charge in [0.1, 0.15) is 0 Å². The number of hydrogen-bond acceptors (Lipinski definition) is 7. The average molecular weight is 601 g/mol. The molecule has 0 saturated heterocycles. The third kappa shape index (κ3) is 7.33. The second kappa shape index (κ2) is 13.7. The third-order valence-electron chi connectivity index (χ3n) is 6.97. The molecule has 1 unspecified atom stereocenters. The molecule has 5 rings (SSSR count).